The van der Waals surface area contributed by atoms with Crippen LogP contribution in [0.3, 0.4) is 0 Å². The van der Waals surface area contributed by atoms with E-state index in [0.29, 0.717) is 12.1 Å². The van der Waals surface area contributed by atoms with Crippen LogP contribution < -0.4 is 10.7 Å². The molecule has 7 heteroatoms. The van der Waals surface area contributed by atoms with Gasteiger partial charge >= 0.3 is 6.01 Å². The molecule has 0 bridgehead atoms. The summed E-state index contributed by atoms with van der Waals surface area (Å²) in [6, 6.07) is 0.127. The zero-order valence-electron chi connectivity index (χ0n) is 8.61. The standard InChI is InChI=1S/C9H10N4O3/c1-5-4-16-9(10-5)11-8(15)6-2-3-7(14)13-12-6/h4H,2-3H2,1H3,(H,13,14)(H,10,11,15). The van der Waals surface area contributed by atoms with Crippen molar-refractivity contribution in [1.82, 2.24) is 10.4 Å². The lowest BCUT2D eigenvalue weighted by Crippen LogP contribution is -2.32. The molecule has 0 unspecified atom stereocenters. The number of nitrogens with zero attached hydrogens (tertiary/aromatic N) is 2. The lowest BCUT2D eigenvalue weighted by Gasteiger charge is -2.10. The summed E-state index contributed by atoms with van der Waals surface area (Å²) < 4.78 is 4.96. The summed E-state index contributed by atoms with van der Waals surface area (Å²) in [7, 11) is 0. The summed E-state index contributed by atoms with van der Waals surface area (Å²) in [5.74, 6) is -0.606. The molecule has 2 heterocycles. The van der Waals surface area contributed by atoms with Crippen LogP contribution in [0.1, 0.15) is 18.5 Å². The normalized spacial score (nSPS) is 15.3. The van der Waals surface area contributed by atoms with Crippen LogP contribution >= 0.6 is 0 Å². The Morgan fingerprint density at radius 1 is 1.56 bits per heavy atom. The number of aromatic nitrogens is 1. The SMILES string of the molecule is Cc1coc(NC(=O)C2=NNC(=O)CC2)n1. The van der Waals surface area contributed by atoms with Gasteiger partial charge < -0.3 is 4.42 Å². The third-order valence-corrected chi connectivity index (χ3v) is 2.01. The molecule has 0 aliphatic carbocycles. The Labute approximate surface area is 90.9 Å². The van der Waals surface area contributed by atoms with E-state index in [0.717, 1.165) is 0 Å². The van der Waals surface area contributed by atoms with Crippen molar-refractivity contribution in [2.24, 2.45) is 5.10 Å². The summed E-state index contributed by atoms with van der Waals surface area (Å²) in [5.41, 5.74) is 3.18. The van der Waals surface area contributed by atoms with Crippen molar-refractivity contribution in [3.63, 3.8) is 0 Å². The Morgan fingerprint density at radius 3 is 2.94 bits per heavy atom. The number of nitrogens with one attached hydrogen (secondary N) is 2. The van der Waals surface area contributed by atoms with Gasteiger partial charge in [-0.1, -0.05) is 0 Å². The molecule has 2 rings (SSSR count). The van der Waals surface area contributed by atoms with Crippen molar-refractivity contribution in [3.8, 4) is 0 Å². The Bertz CT molecular complexity index is 463. The molecule has 0 spiro atoms. The Kier molecular flexibility index (Phi) is 2.67. The number of carbonyl (C=O) groups excluding carboxylic acids is 2. The second-order valence-electron chi connectivity index (χ2n) is 3.34. The topological polar surface area (TPSA) is 96.6 Å². The van der Waals surface area contributed by atoms with Gasteiger partial charge in [0.2, 0.25) is 5.91 Å². The fourth-order valence-electron chi connectivity index (χ4n) is 1.22. The monoisotopic (exact) mass is 222 g/mol. The fraction of sp³-hybridized carbons (Fsp3) is 0.333. The average molecular weight is 222 g/mol. The largest absolute Gasteiger partial charge is 0.432 e. The number of hydrazone groups is 1. The smallest absolute Gasteiger partial charge is 0.301 e. The van der Waals surface area contributed by atoms with Crippen molar-refractivity contribution in [1.29, 1.82) is 0 Å². The molecule has 1 aromatic rings. The highest BCUT2D eigenvalue weighted by molar-refractivity contribution is 6.43. The van der Waals surface area contributed by atoms with E-state index in [9.17, 15) is 9.59 Å². The van der Waals surface area contributed by atoms with Gasteiger partial charge in [0.15, 0.2) is 0 Å². The van der Waals surface area contributed by atoms with Gasteiger partial charge in [0.05, 0.1) is 5.69 Å². The Hall–Kier alpha value is -2.18. The van der Waals surface area contributed by atoms with Crippen LogP contribution in [0.15, 0.2) is 15.8 Å². The minimum absolute atomic E-state index is 0.127. The minimum atomic E-state index is -0.415. The van der Waals surface area contributed by atoms with Crippen molar-refractivity contribution in [2.45, 2.75) is 19.8 Å². The van der Waals surface area contributed by atoms with Gasteiger partial charge in [-0.3, -0.25) is 14.9 Å². The summed E-state index contributed by atoms with van der Waals surface area (Å²) in [6.07, 6.45) is 2.01. The van der Waals surface area contributed by atoms with Crippen LogP contribution in [0.2, 0.25) is 0 Å². The van der Waals surface area contributed by atoms with Crippen molar-refractivity contribution in [2.75, 3.05) is 5.32 Å². The van der Waals surface area contributed by atoms with E-state index in [1.165, 1.54) is 6.26 Å². The molecule has 1 aromatic heterocycles. The molecule has 7 nitrogen and oxygen atoms in total. The number of amides is 2. The van der Waals surface area contributed by atoms with Crippen molar-refractivity contribution >= 4 is 23.5 Å². The number of hydrogen-bond acceptors (Lipinski definition) is 5. The number of aryl methyl sites for hydroxylation is 1. The van der Waals surface area contributed by atoms with Gasteiger partial charge in [0.1, 0.15) is 12.0 Å². The third-order valence-electron chi connectivity index (χ3n) is 2.01. The molecule has 84 valence electrons. The molecule has 0 radical (unpaired) electrons. The van der Waals surface area contributed by atoms with E-state index < -0.39 is 5.91 Å². The Balaban J connectivity index is 2.01. The van der Waals surface area contributed by atoms with E-state index in [1.54, 1.807) is 6.92 Å². The average Bonchev–Trinajstić information content (AvgIpc) is 2.65. The van der Waals surface area contributed by atoms with Gasteiger partial charge in [-0.2, -0.15) is 10.1 Å². The van der Waals surface area contributed by atoms with E-state index >= 15 is 0 Å². The molecule has 0 saturated carbocycles. The maximum absolute atomic E-state index is 11.6. The zero-order valence-corrected chi connectivity index (χ0v) is 8.61. The van der Waals surface area contributed by atoms with Crippen LogP contribution in [0.25, 0.3) is 0 Å². The summed E-state index contributed by atoms with van der Waals surface area (Å²) in [6.45, 7) is 1.75. The molecule has 16 heavy (non-hydrogen) atoms. The predicted octanol–water partition coefficient (Wildman–Crippen LogP) is 0.188. The quantitative estimate of drug-likeness (QED) is 0.746. The third kappa shape index (κ3) is 2.25. The number of rotatable bonds is 2. The highest BCUT2D eigenvalue weighted by atomic mass is 16.4. The number of carbonyl (C=O) groups is 2. The molecule has 0 atom stereocenters. The molecule has 2 N–H and O–H groups in total. The second-order valence-corrected chi connectivity index (χ2v) is 3.34. The summed E-state index contributed by atoms with van der Waals surface area (Å²) in [5, 5.41) is 6.10. The first-order valence-corrected chi connectivity index (χ1v) is 4.74. The fourth-order valence-corrected chi connectivity index (χ4v) is 1.22. The van der Waals surface area contributed by atoms with Crippen molar-refractivity contribution in [3.05, 3.63) is 12.0 Å². The summed E-state index contributed by atoms with van der Waals surface area (Å²) >= 11 is 0. The lowest BCUT2D eigenvalue weighted by molar-refractivity contribution is -0.121. The number of anilines is 1. The van der Waals surface area contributed by atoms with E-state index in [1.807, 2.05) is 0 Å². The van der Waals surface area contributed by atoms with Gasteiger partial charge in [0, 0.05) is 12.8 Å². The number of oxazole rings is 1. The first-order valence-electron chi connectivity index (χ1n) is 4.74. The minimum Gasteiger partial charge on any atom is -0.432 e. The molecule has 2 amide bonds. The summed E-state index contributed by atoms with van der Waals surface area (Å²) in [4.78, 5) is 26.3. The maximum Gasteiger partial charge on any atom is 0.301 e. The lowest BCUT2D eigenvalue weighted by atomic mass is 10.2. The van der Waals surface area contributed by atoms with Gasteiger partial charge in [-0.25, -0.2) is 5.43 Å². The molecule has 1 aliphatic heterocycles. The van der Waals surface area contributed by atoms with Gasteiger partial charge in [-0.15, -0.1) is 0 Å². The zero-order chi connectivity index (χ0) is 11.5. The van der Waals surface area contributed by atoms with E-state index in [2.05, 4.69) is 20.8 Å². The number of hydrogen-bond donors (Lipinski definition) is 2. The Morgan fingerprint density at radius 2 is 2.38 bits per heavy atom. The van der Waals surface area contributed by atoms with Gasteiger partial charge in [0.25, 0.3) is 5.91 Å². The predicted molar refractivity (Wildman–Crippen MR) is 54.7 cm³/mol. The van der Waals surface area contributed by atoms with E-state index in [4.69, 9.17) is 4.42 Å². The van der Waals surface area contributed by atoms with Crippen LogP contribution in [0, 0.1) is 6.92 Å². The first-order chi connectivity index (χ1) is 7.65. The maximum atomic E-state index is 11.6. The highest BCUT2D eigenvalue weighted by Crippen LogP contribution is 2.07. The molecule has 0 aromatic carbocycles. The van der Waals surface area contributed by atoms with Crippen LogP contribution in [-0.2, 0) is 9.59 Å². The molecule has 0 saturated heterocycles. The molecular formula is C9H10N4O3. The van der Waals surface area contributed by atoms with Crippen LogP contribution in [-0.4, -0.2) is 22.5 Å². The molecule has 1 aliphatic rings. The second kappa shape index (κ2) is 4.13. The van der Waals surface area contributed by atoms with Crippen LogP contribution in [0.4, 0.5) is 6.01 Å². The van der Waals surface area contributed by atoms with Crippen molar-refractivity contribution < 1.29 is 14.0 Å². The highest BCUT2D eigenvalue weighted by Gasteiger charge is 2.19. The molecule has 0 fully saturated rings. The van der Waals surface area contributed by atoms with Gasteiger partial charge in [-0.05, 0) is 6.92 Å². The van der Waals surface area contributed by atoms with E-state index in [-0.39, 0.29) is 24.1 Å². The molecular weight excluding hydrogens is 212 g/mol. The first kappa shape index (κ1) is 10.3. The van der Waals surface area contributed by atoms with Crippen LogP contribution in [0.5, 0.6) is 0 Å².